The molecule has 0 radical (unpaired) electrons. The number of para-hydroxylation sites is 1. The van der Waals surface area contributed by atoms with E-state index in [1.165, 1.54) is 24.3 Å². The number of ether oxygens (including phenoxy) is 1. The second-order valence-electron chi connectivity index (χ2n) is 7.29. The average Bonchev–Trinajstić information content (AvgIpc) is 3.03. The van der Waals surface area contributed by atoms with Crippen LogP contribution in [0.5, 0.6) is 0 Å². The molecule has 4 rings (SSSR count). The summed E-state index contributed by atoms with van der Waals surface area (Å²) in [4.78, 5) is 28.8. The third-order valence-corrected chi connectivity index (χ3v) is 5.31. The first-order valence-corrected chi connectivity index (χ1v) is 9.04. The minimum Gasteiger partial charge on any atom is -0.371 e. The Morgan fingerprint density at radius 1 is 1.04 bits per heavy atom. The Morgan fingerprint density at radius 3 is 2.52 bits per heavy atom. The van der Waals surface area contributed by atoms with Gasteiger partial charge in [0, 0.05) is 36.3 Å². The first-order valence-electron chi connectivity index (χ1n) is 9.04. The summed E-state index contributed by atoms with van der Waals surface area (Å²) in [5.74, 6) is -0.547. The number of anilines is 1. The Balaban J connectivity index is 1.53. The zero-order valence-electron chi connectivity index (χ0n) is 14.9. The van der Waals surface area contributed by atoms with E-state index in [-0.39, 0.29) is 29.7 Å². The van der Waals surface area contributed by atoms with Gasteiger partial charge in [0.1, 0.15) is 12.4 Å². The molecule has 2 heterocycles. The van der Waals surface area contributed by atoms with Crippen LogP contribution in [0.2, 0.25) is 0 Å². The molecule has 2 aliphatic heterocycles. The van der Waals surface area contributed by atoms with Gasteiger partial charge in [-0.05, 0) is 42.8 Å². The molecule has 0 N–H and O–H groups in total. The number of carbonyl (C=O) groups excluding carboxylic acids is 2. The maximum Gasteiger partial charge on any atom is 0.253 e. The lowest BCUT2D eigenvalue weighted by atomic mass is 9.87. The minimum absolute atomic E-state index is 0.0442. The summed E-state index contributed by atoms with van der Waals surface area (Å²) >= 11 is 0. The standard InChI is InChI=1S/C21H21FN2O3/c22-17-8-6-16(7-9-17)20(26)23-11-10-21(13-23)14-24(19(25)12-27-15-21)18-4-2-1-3-5-18/h1-9H,10-15H2. The number of nitrogens with zero attached hydrogens (tertiary/aromatic N) is 2. The molecule has 1 spiro atoms. The van der Waals surface area contributed by atoms with Crippen LogP contribution < -0.4 is 4.90 Å². The number of amides is 2. The van der Waals surface area contributed by atoms with E-state index >= 15 is 0 Å². The van der Waals surface area contributed by atoms with Gasteiger partial charge in [0.25, 0.3) is 11.8 Å². The number of rotatable bonds is 2. The van der Waals surface area contributed by atoms with Crippen LogP contribution in [-0.2, 0) is 9.53 Å². The Morgan fingerprint density at radius 2 is 1.78 bits per heavy atom. The van der Waals surface area contributed by atoms with E-state index in [9.17, 15) is 14.0 Å². The molecule has 2 saturated heterocycles. The number of hydrogen-bond donors (Lipinski definition) is 0. The Labute approximate surface area is 157 Å². The van der Waals surface area contributed by atoms with Gasteiger partial charge in [-0.25, -0.2) is 4.39 Å². The van der Waals surface area contributed by atoms with E-state index in [1.807, 2.05) is 30.3 Å². The zero-order chi connectivity index (χ0) is 18.9. The normalized spacial score (nSPS) is 22.9. The third kappa shape index (κ3) is 3.57. The second kappa shape index (κ2) is 7.12. The van der Waals surface area contributed by atoms with E-state index in [0.29, 0.717) is 31.8 Å². The lowest BCUT2D eigenvalue weighted by molar-refractivity contribution is -0.122. The molecule has 0 bridgehead atoms. The maximum absolute atomic E-state index is 13.1. The molecule has 6 heteroatoms. The van der Waals surface area contributed by atoms with Crippen molar-refractivity contribution in [2.45, 2.75) is 6.42 Å². The molecule has 0 saturated carbocycles. The van der Waals surface area contributed by atoms with Crippen molar-refractivity contribution < 1.29 is 18.7 Å². The number of carbonyl (C=O) groups is 2. The second-order valence-corrected chi connectivity index (χ2v) is 7.29. The van der Waals surface area contributed by atoms with Gasteiger partial charge in [-0.15, -0.1) is 0 Å². The van der Waals surface area contributed by atoms with Crippen LogP contribution in [0.3, 0.4) is 0 Å². The molecular formula is C21H21FN2O3. The van der Waals surface area contributed by atoms with E-state index in [4.69, 9.17) is 4.74 Å². The molecule has 2 aliphatic rings. The van der Waals surface area contributed by atoms with Gasteiger partial charge in [-0.1, -0.05) is 18.2 Å². The lowest BCUT2D eigenvalue weighted by Gasteiger charge is -2.32. The molecule has 1 unspecified atom stereocenters. The van der Waals surface area contributed by atoms with E-state index in [2.05, 4.69) is 0 Å². The topological polar surface area (TPSA) is 49.9 Å². The quantitative estimate of drug-likeness (QED) is 0.819. The van der Waals surface area contributed by atoms with Crippen LogP contribution in [0, 0.1) is 11.2 Å². The first kappa shape index (κ1) is 17.7. The summed E-state index contributed by atoms with van der Waals surface area (Å²) in [6.07, 6.45) is 0.760. The van der Waals surface area contributed by atoms with Crippen LogP contribution in [0.15, 0.2) is 54.6 Å². The van der Waals surface area contributed by atoms with Crippen LogP contribution in [0.25, 0.3) is 0 Å². The highest BCUT2D eigenvalue weighted by atomic mass is 19.1. The van der Waals surface area contributed by atoms with E-state index in [1.54, 1.807) is 9.80 Å². The Hall–Kier alpha value is -2.73. The average molecular weight is 368 g/mol. The van der Waals surface area contributed by atoms with Crippen molar-refractivity contribution in [2.24, 2.45) is 5.41 Å². The number of halogens is 1. The van der Waals surface area contributed by atoms with E-state index in [0.717, 1.165) is 12.1 Å². The number of hydrogen-bond acceptors (Lipinski definition) is 3. The summed E-state index contributed by atoms with van der Waals surface area (Å²) in [6, 6.07) is 15.1. The van der Waals surface area contributed by atoms with Gasteiger partial charge in [0.15, 0.2) is 0 Å². The van der Waals surface area contributed by atoms with Crippen molar-refractivity contribution >= 4 is 17.5 Å². The van der Waals surface area contributed by atoms with E-state index < -0.39 is 0 Å². The smallest absolute Gasteiger partial charge is 0.253 e. The van der Waals surface area contributed by atoms with Crippen LogP contribution >= 0.6 is 0 Å². The van der Waals surface area contributed by atoms with Crippen LogP contribution in [0.4, 0.5) is 10.1 Å². The highest BCUT2D eigenvalue weighted by Gasteiger charge is 2.44. The van der Waals surface area contributed by atoms with Crippen LogP contribution in [0.1, 0.15) is 16.8 Å². The molecule has 1 atom stereocenters. The predicted molar refractivity (Wildman–Crippen MR) is 99.0 cm³/mol. The number of likely N-dealkylation sites (tertiary alicyclic amines) is 1. The molecule has 5 nitrogen and oxygen atoms in total. The zero-order valence-corrected chi connectivity index (χ0v) is 14.9. The predicted octanol–water partition coefficient (Wildman–Crippen LogP) is 2.72. The van der Waals surface area contributed by atoms with Gasteiger partial charge in [0.05, 0.1) is 6.61 Å². The Kier molecular flexibility index (Phi) is 4.66. The monoisotopic (exact) mass is 368 g/mol. The fourth-order valence-electron chi connectivity index (χ4n) is 3.88. The van der Waals surface area contributed by atoms with Gasteiger partial charge in [-0.3, -0.25) is 9.59 Å². The molecule has 2 fully saturated rings. The largest absolute Gasteiger partial charge is 0.371 e. The molecule has 0 aliphatic carbocycles. The third-order valence-electron chi connectivity index (χ3n) is 5.31. The van der Waals surface area contributed by atoms with Gasteiger partial charge < -0.3 is 14.5 Å². The van der Waals surface area contributed by atoms with Crippen LogP contribution in [-0.4, -0.2) is 49.6 Å². The van der Waals surface area contributed by atoms with Gasteiger partial charge in [0.2, 0.25) is 0 Å². The molecule has 2 aromatic carbocycles. The highest BCUT2D eigenvalue weighted by Crippen LogP contribution is 2.35. The van der Waals surface area contributed by atoms with Crippen molar-refractivity contribution in [3.05, 3.63) is 66.0 Å². The number of benzene rings is 2. The molecule has 27 heavy (non-hydrogen) atoms. The van der Waals surface area contributed by atoms with Crippen molar-refractivity contribution in [1.29, 1.82) is 0 Å². The molecule has 0 aromatic heterocycles. The minimum atomic E-state index is -0.362. The fourth-order valence-corrected chi connectivity index (χ4v) is 3.88. The molecule has 140 valence electrons. The summed E-state index contributed by atoms with van der Waals surface area (Å²) in [5.41, 5.74) is 1.02. The first-order chi connectivity index (χ1) is 13.1. The highest BCUT2D eigenvalue weighted by molar-refractivity contribution is 5.95. The van der Waals surface area contributed by atoms with Gasteiger partial charge >= 0.3 is 0 Å². The molecular weight excluding hydrogens is 347 g/mol. The summed E-state index contributed by atoms with van der Waals surface area (Å²) in [6.45, 7) is 2.11. The van der Waals surface area contributed by atoms with Crippen molar-refractivity contribution in [1.82, 2.24) is 4.90 Å². The summed E-state index contributed by atoms with van der Waals surface area (Å²) < 4.78 is 18.8. The van der Waals surface area contributed by atoms with Crippen molar-refractivity contribution in [2.75, 3.05) is 37.7 Å². The maximum atomic E-state index is 13.1. The summed E-state index contributed by atoms with van der Waals surface area (Å²) in [7, 11) is 0. The molecule has 2 amide bonds. The fraction of sp³-hybridized carbons (Fsp3) is 0.333. The van der Waals surface area contributed by atoms with Crippen molar-refractivity contribution in [3.63, 3.8) is 0 Å². The van der Waals surface area contributed by atoms with Crippen molar-refractivity contribution in [3.8, 4) is 0 Å². The van der Waals surface area contributed by atoms with Gasteiger partial charge in [-0.2, -0.15) is 0 Å². The SMILES string of the molecule is O=C(c1ccc(F)cc1)N1CCC2(COCC(=O)N(c3ccccc3)C2)C1. The lowest BCUT2D eigenvalue weighted by Crippen LogP contribution is -2.43. The summed E-state index contributed by atoms with van der Waals surface area (Å²) in [5, 5.41) is 0. The molecule has 2 aromatic rings. The Bertz CT molecular complexity index is 840.